The Morgan fingerprint density at radius 1 is 1.12 bits per heavy atom. The minimum absolute atomic E-state index is 0.00582. The Labute approximate surface area is 154 Å². The van der Waals surface area contributed by atoms with Crippen LogP contribution in [0.5, 0.6) is 0 Å². The quantitative estimate of drug-likeness (QED) is 0.860. The van der Waals surface area contributed by atoms with E-state index in [-0.39, 0.29) is 23.5 Å². The lowest BCUT2D eigenvalue weighted by Crippen LogP contribution is -2.35. The van der Waals surface area contributed by atoms with E-state index in [1.54, 1.807) is 12.3 Å². The molecule has 0 aliphatic carbocycles. The van der Waals surface area contributed by atoms with Crippen LogP contribution in [0.25, 0.3) is 0 Å². The summed E-state index contributed by atoms with van der Waals surface area (Å²) in [6.07, 6.45) is 3.61. The zero-order valence-electron chi connectivity index (χ0n) is 15.2. The Kier molecular flexibility index (Phi) is 5.00. The van der Waals surface area contributed by atoms with Crippen molar-refractivity contribution in [1.29, 1.82) is 0 Å². The van der Waals surface area contributed by atoms with Crippen LogP contribution >= 0.6 is 0 Å². The Morgan fingerprint density at radius 2 is 1.81 bits per heavy atom. The topological polar surface area (TPSA) is 88.2 Å². The minimum Gasteiger partial charge on any atom is -0.354 e. The normalized spacial score (nSPS) is 18.5. The van der Waals surface area contributed by atoms with Gasteiger partial charge in [0, 0.05) is 17.9 Å². The second-order valence-corrected chi connectivity index (χ2v) is 9.16. The molecule has 2 aromatic rings. The molecule has 26 heavy (non-hydrogen) atoms. The lowest BCUT2D eigenvalue weighted by molar-refractivity contribution is 0.0941. The fourth-order valence-electron chi connectivity index (χ4n) is 3.33. The molecule has 1 aromatic carbocycles. The molecule has 1 saturated heterocycles. The lowest BCUT2D eigenvalue weighted by Gasteiger charge is -2.15. The summed E-state index contributed by atoms with van der Waals surface area (Å²) in [5.41, 5.74) is 5.55. The molecule has 7 heteroatoms. The van der Waals surface area contributed by atoms with Gasteiger partial charge in [0.2, 0.25) is 0 Å². The molecule has 0 radical (unpaired) electrons. The molecule has 2 N–H and O–H groups in total. The highest BCUT2D eigenvalue weighted by atomic mass is 32.2. The number of sulfone groups is 1. The van der Waals surface area contributed by atoms with Crippen LogP contribution in [0, 0.1) is 20.8 Å². The van der Waals surface area contributed by atoms with Gasteiger partial charge in [0.05, 0.1) is 29.0 Å². The lowest BCUT2D eigenvalue weighted by atomic mass is 10.0. The average molecular weight is 373 g/mol. The largest absolute Gasteiger partial charge is 0.354 e. The van der Waals surface area contributed by atoms with Crippen molar-refractivity contribution in [2.24, 2.45) is 0 Å². The number of nitrogens with one attached hydrogen (secondary N) is 2. The molecule has 0 saturated carbocycles. The first-order chi connectivity index (χ1) is 12.2. The second-order valence-electron chi connectivity index (χ2n) is 6.93. The van der Waals surface area contributed by atoms with E-state index in [4.69, 9.17) is 0 Å². The van der Waals surface area contributed by atoms with Crippen LogP contribution in [0.15, 0.2) is 30.6 Å². The van der Waals surface area contributed by atoms with Gasteiger partial charge in [0.1, 0.15) is 0 Å². The van der Waals surface area contributed by atoms with Gasteiger partial charge >= 0.3 is 0 Å². The van der Waals surface area contributed by atoms with Crippen molar-refractivity contribution >= 4 is 27.1 Å². The van der Waals surface area contributed by atoms with Gasteiger partial charge in [-0.3, -0.25) is 9.78 Å². The van der Waals surface area contributed by atoms with Gasteiger partial charge < -0.3 is 10.6 Å². The fourth-order valence-corrected chi connectivity index (χ4v) is 5.00. The summed E-state index contributed by atoms with van der Waals surface area (Å²) < 4.78 is 23.1. The highest BCUT2D eigenvalue weighted by Gasteiger charge is 2.29. The Balaban J connectivity index is 1.75. The molecule has 1 atom stereocenters. The molecule has 0 spiro atoms. The summed E-state index contributed by atoms with van der Waals surface area (Å²) in [6.45, 7) is 6.12. The van der Waals surface area contributed by atoms with Crippen molar-refractivity contribution in [3.63, 3.8) is 0 Å². The SMILES string of the molecule is Cc1cc(C)c(Nc2cncc(C(=O)NC3CCS(=O)(=O)C3)c2)c(C)c1. The predicted octanol–water partition coefficient (Wildman–Crippen LogP) is 2.67. The Bertz CT molecular complexity index is 931. The number of anilines is 2. The molecule has 1 aliphatic rings. The fraction of sp³-hybridized carbons (Fsp3) is 0.368. The van der Waals surface area contributed by atoms with Gasteiger partial charge in [-0.2, -0.15) is 0 Å². The highest BCUT2D eigenvalue weighted by molar-refractivity contribution is 7.91. The maximum absolute atomic E-state index is 12.4. The molecule has 1 aliphatic heterocycles. The van der Waals surface area contributed by atoms with Crippen molar-refractivity contribution in [3.05, 3.63) is 52.8 Å². The smallest absolute Gasteiger partial charge is 0.253 e. The Hall–Kier alpha value is -2.41. The van der Waals surface area contributed by atoms with Gasteiger partial charge in [-0.1, -0.05) is 17.7 Å². The number of benzene rings is 1. The molecule has 1 unspecified atom stereocenters. The first-order valence-electron chi connectivity index (χ1n) is 8.55. The average Bonchev–Trinajstić information content (AvgIpc) is 2.90. The van der Waals surface area contributed by atoms with E-state index >= 15 is 0 Å². The van der Waals surface area contributed by atoms with Crippen molar-refractivity contribution in [2.75, 3.05) is 16.8 Å². The van der Waals surface area contributed by atoms with Crippen LogP contribution in [-0.2, 0) is 9.84 Å². The number of pyridine rings is 1. The van der Waals surface area contributed by atoms with E-state index in [1.807, 2.05) is 13.8 Å². The number of nitrogens with zero attached hydrogens (tertiary/aromatic N) is 1. The molecule has 1 fully saturated rings. The molecular weight excluding hydrogens is 350 g/mol. The van der Waals surface area contributed by atoms with Crippen LogP contribution in [0.1, 0.15) is 33.5 Å². The molecule has 6 nitrogen and oxygen atoms in total. The van der Waals surface area contributed by atoms with Crippen molar-refractivity contribution < 1.29 is 13.2 Å². The van der Waals surface area contributed by atoms with Gasteiger partial charge in [-0.25, -0.2) is 8.42 Å². The number of hydrogen-bond acceptors (Lipinski definition) is 5. The van der Waals surface area contributed by atoms with E-state index in [9.17, 15) is 13.2 Å². The van der Waals surface area contributed by atoms with Gasteiger partial charge in [0.25, 0.3) is 5.91 Å². The van der Waals surface area contributed by atoms with Crippen LogP contribution < -0.4 is 10.6 Å². The Morgan fingerprint density at radius 3 is 2.42 bits per heavy atom. The third kappa shape index (κ3) is 4.22. The standard InChI is InChI=1S/C19H23N3O3S/c1-12-6-13(2)18(14(3)7-12)21-17-8-15(9-20-10-17)19(23)22-16-4-5-26(24,25)11-16/h6-10,16,21H,4-5,11H2,1-3H3,(H,22,23). The van der Waals surface area contributed by atoms with Gasteiger partial charge in [-0.05, 0) is 44.4 Å². The first-order valence-corrected chi connectivity index (χ1v) is 10.4. The molecule has 0 bridgehead atoms. The molecular formula is C19H23N3O3S. The number of amides is 1. The summed E-state index contributed by atoms with van der Waals surface area (Å²) in [6, 6.07) is 5.59. The number of aromatic nitrogens is 1. The summed E-state index contributed by atoms with van der Waals surface area (Å²) in [5.74, 6) is -0.170. The molecule has 1 amide bonds. The molecule has 1 aromatic heterocycles. The van der Waals surface area contributed by atoms with E-state index in [2.05, 4.69) is 34.7 Å². The molecule has 138 valence electrons. The maximum atomic E-state index is 12.4. The monoisotopic (exact) mass is 373 g/mol. The van der Waals surface area contributed by atoms with Crippen LogP contribution in [0.3, 0.4) is 0 Å². The van der Waals surface area contributed by atoms with Crippen molar-refractivity contribution in [3.8, 4) is 0 Å². The number of rotatable bonds is 4. The summed E-state index contributed by atoms with van der Waals surface area (Å²) in [5, 5.41) is 6.12. The minimum atomic E-state index is -3.03. The van der Waals surface area contributed by atoms with E-state index in [0.29, 0.717) is 17.7 Å². The molecule has 3 rings (SSSR count). The first kappa shape index (κ1) is 18.4. The number of hydrogen-bond donors (Lipinski definition) is 2. The number of aryl methyl sites for hydroxylation is 3. The van der Waals surface area contributed by atoms with E-state index in [0.717, 1.165) is 16.8 Å². The van der Waals surface area contributed by atoms with Crippen LogP contribution in [0.4, 0.5) is 11.4 Å². The summed E-state index contributed by atoms with van der Waals surface area (Å²) in [4.78, 5) is 16.6. The number of carbonyl (C=O) groups is 1. The van der Waals surface area contributed by atoms with E-state index < -0.39 is 9.84 Å². The highest BCUT2D eigenvalue weighted by Crippen LogP contribution is 2.26. The summed E-state index contributed by atoms with van der Waals surface area (Å²) >= 11 is 0. The molecule has 2 heterocycles. The third-order valence-corrected chi connectivity index (χ3v) is 6.28. The summed E-state index contributed by atoms with van der Waals surface area (Å²) in [7, 11) is -3.03. The predicted molar refractivity (Wildman–Crippen MR) is 103 cm³/mol. The van der Waals surface area contributed by atoms with Crippen molar-refractivity contribution in [2.45, 2.75) is 33.2 Å². The van der Waals surface area contributed by atoms with Crippen LogP contribution in [0.2, 0.25) is 0 Å². The zero-order valence-corrected chi connectivity index (χ0v) is 16.0. The zero-order chi connectivity index (χ0) is 18.9. The maximum Gasteiger partial charge on any atom is 0.253 e. The third-order valence-electron chi connectivity index (χ3n) is 4.51. The van der Waals surface area contributed by atoms with E-state index in [1.165, 1.54) is 11.8 Å². The number of carbonyl (C=O) groups excluding carboxylic acids is 1. The second kappa shape index (κ2) is 7.07. The van der Waals surface area contributed by atoms with Gasteiger partial charge in [0.15, 0.2) is 9.84 Å². The van der Waals surface area contributed by atoms with Crippen molar-refractivity contribution in [1.82, 2.24) is 10.3 Å². The van der Waals surface area contributed by atoms with Gasteiger partial charge in [-0.15, -0.1) is 0 Å². The van der Waals surface area contributed by atoms with Crippen LogP contribution in [-0.4, -0.2) is 36.9 Å².